The largest absolute Gasteiger partial charge is 0.496 e. The van der Waals surface area contributed by atoms with Crippen molar-refractivity contribution >= 4 is 23.2 Å². The lowest BCUT2D eigenvalue weighted by atomic mass is 9.89. The van der Waals surface area contributed by atoms with E-state index >= 15 is 0 Å². The molecule has 0 aliphatic carbocycles. The number of imide groups is 1. The molecule has 9 heteroatoms. The van der Waals surface area contributed by atoms with Gasteiger partial charge in [0, 0.05) is 30.8 Å². The Kier molecular flexibility index (Phi) is 4.30. The smallest absolute Gasteiger partial charge is 0.271 e. The van der Waals surface area contributed by atoms with Crippen molar-refractivity contribution in [2.75, 3.05) is 25.1 Å². The number of methoxy groups -OCH3 is 1. The zero-order valence-corrected chi connectivity index (χ0v) is 16.3. The number of fused-ring (bicyclic) bond motifs is 3. The third kappa shape index (κ3) is 2.55. The zero-order chi connectivity index (χ0) is 21.0. The number of nitro benzene ring substituents is 1. The van der Waals surface area contributed by atoms with Gasteiger partial charge in [-0.2, -0.15) is 0 Å². The quantitative estimate of drug-likeness (QED) is 0.434. The number of nitrogens with zero attached hydrogens (tertiary/aromatic N) is 4. The highest BCUT2D eigenvalue weighted by atomic mass is 16.6. The van der Waals surface area contributed by atoms with Gasteiger partial charge < -0.3 is 4.74 Å². The summed E-state index contributed by atoms with van der Waals surface area (Å²) in [7, 11) is 1.59. The van der Waals surface area contributed by atoms with Gasteiger partial charge in [-0.15, -0.1) is 0 Å². The molecule has 3 aliphatic heterocycles. The molecule has 0 spiro atoms. The molecule has 0 bridgehead atoms. The van der Waals surface area contributed by atoms with E-state index in [2.05, 4.69) is 5.01 Å². The molecular weight excluding hydrogens is 388 g/mol. The molecule has 0 N–H and O–H groups in total. The van der Waals surface area contributed by atoms with Gasteiger partial charge in [0.2, 0.25) is 5.91 Å². The first-order valence-corrected chi connectivity index (χ1v) is 9.81. The maximum absolute atomic E-state index is 13.5. The molecule has 3 saturated heterocycles. The second-order valence-corrected chi connectivity index (χ2v) is 7.63. The fourth-order valence-electron chi connectivity index (χ4n) is 5.00. The van der Waals surface area contributed by atoms with Gasteiger partial charge in [-0.3, -0.25) is 19.7 Å². The fraction of sp³-hybridized carbons (Fsp3) is 0.333. The van der Waals surface area contributed by atoms with Crippen molar-refractivity contribution in [2.24, 2.45) is 5.92 Å². The molecule has 0 unspecified atom stereocenters. The summed E-state index contributed by atoms with van der Waals surface area (Å²) in [5.74, 6) is -0.608. The summed E-state index contributed by atoms with van der Waals surface area (Å²) in [4.78, 5) is 38.7. The van der Waals surface area contributed by atoms with E-state index in [-0.39, 0.29) is 29.2 Å². The highest BCUT2D eigenvalue weighted by molar-refractivity contribution is 6.24. The summed E-state index contributed by atoms with van der Waals surface area (Å²) in [5.41, 5.74) is 0.939. The Balaban J connectivity index is 1.60. The molecule has 0 radical (unpaired) electrons. The maximum atomic E-state index is 13.5. The minimum absolute atomic E-state index is 0.158. The number of hydrazine groups is 1. The first kappa shape index (κ1) is 18.7. The number of non-ortho nitro benzene ring substituents is 1. The molecule has 0 saturated carbocycles. The molecule has 3 atom stereocenters. The van der Waals surface area contributed by atoms with Crippen molar-refractivity contribution in [1.82, 2.24) is 10.0 Å². The molecule has 3 aliphatic rings. The van der Waals surface area contributed by atoms with E-state index in [0.717, 1.165) is 23.4 Å². The summed E-state index contributed by atoms with van der Waals surface area (Å²) in [6.07, 6.45) is 0.896. The molecule has 2 aromatic carbocycles. The van der Waals surface area contributed by atoms with Crippen LogP contribution in [0.3, 0.4) is 0 Å². The van der Waals surface area contributed by atoms with E-state index in [1.54, 1.807) is 13.2 Å². The summed E-state index contributed by atoms with van der Waals surface area (Å²) in [5, 5.41) is 15.3. The first-order chi connectivity index (χ1) is 14.5. The molecule has 2 amide bonds. The molecular formula is C21H20N4O5. The van der Waals surface area contributed by atoms with E-state index in [0.29, 0.717) is 12.3 Å². The van der Waals surface area contributed by atoms with Crippen molar-refractivity contribution in [2.45, 2.75) is 18.5 Å². The number of anilines is 1. The van der Waals surface area contributed by atoms with Crippen LogP contribution in [0.15, 0.2) is 48.5 Å². The highest BCUT2D eigenvalue weighted by Crippen LogP contribution is 2.50. The molecule has 2 aromatic rings. The number of para-hydroxylation sites is 1. The number of carbonyl (C=O) groups is 2. The van der Waals surface area contributed by atoms with Crippen LogP contribution in [-0.4, -0.2) is 53.0 Å². The van der Waals surface area contributed by atoms with E-state index in [1.165, 1.54) is 18.2 Å². The van der Waals surface area contributed by atoms with Gasteiger partial charge in [0.25, 0.3) is 11.6 Å². The van der Waals surface area contributed by atoms with Gasteiger partial charge in [-0.25, -0.2) is 14.9 Å². The normalized spacial score (nSPS) is 26.2. The summed E-state index contributed by atoms with van der Waals surface area (Å²) in [6.45, 7) is 1.45. The van der Waals surface area contributed by atoms with Crippen molar-refractivity contribution in [3.63, 3.8) is 0 Å². The van der Waals surface area contributed by atoms with Crippen LogP contribution in [0.2, 0.25) is 0 Å². The van der Waals surface area contributed by atoms with Crippen LogP contribution in [0.5, 0.6) is 5.75 Å². The van der Waals surface area contributed by atoms with Crippen LogP contribution < -0.4 is 9.64 Å². The molecule has 9 nitrogen and oxygen atoms in total. The van der Waals surface area contributed by atoms with Gasteiger partial charge in [-0.1, -0.05) is 24.3 Å². The average Bonchev–Trinajstić information content (AvgIpc) is 3.40. The third-order valence-electron chi connectivity index (χ3n) is 6.16. The summed E-state index contributed by atoms with van der Waals surface area (Å²) in [6, 6.07) is 12.3. The predicted octanol–water partition coefficient (Wildman–Crippen LogP) is 2.14. The van der Waals surface area contributed by atoms with Gasteiger partial charge >= 0.3 is 0 Å². The van der Waals surface area contributed by atoms with Crippen LogP contribution in [0.1, 0.15) is 18.0 Å². The lowest BCUT2D eigenvalue weighted by Crippen LogP contribution is -2.44. The predicted molar refractivity (Wildman–Crippen MR) is 107 cm³/mol. The Morgan fingerprint density at radius 3 is 2.47 bits per heavy atom. The maximum Gasteiger partial charge on any atom is 0.271 e. The molecule has 30 heavy (non-hydrogen) atoms. The van der Waals surface area contributed by atoms with Gasteiger partial charge in [0.1, 0.15) is 11.8 Å². The lowest BCUT2D eigenvalue weighted by Gasteiger charge is -2.30. The van der Waals surface area contributed by atoms with Crippen LogP contribution >= 0.6 is 0 Å². The molecule has 0 aromatic heterocycles. The summed E-state index contributed by atoms with van der Waals surface area (Å²) < 4.78 is 5.54. The number of carbonyl (C=O) groups excluding carboxylic acids is 2. The monoisotopic (exact) mass is 408 g/mol. The van der Waals surface area contributed by atoms with E-state index in [9.17, 15) is 19.7 Å². The van der Waals surface area contributed by atoms with Gasteiger partial charge in [0.15, 0.2) is 0 Å². The van der Waals surface area contributed by atoms with Crippen LogP contribution in [0.25, 0.3) is 0 Å². The SMILES string of the molecule is COc1ccccc1[C@@H]1[C@H]2C(=O)N(c3cccc([N+](=O)[O-])c3)C(=O)[C@H]2N2CCCN12. The Morgan fingerprint density at radius 1 is 1.00 bits per heavy atom. The van der Waals surface area contributed by atoms with Crippen molar-refractivity contribution < 1.29 is 19.2 Å². The first-order valence-electron chi connectivity index (χ1n) is 9.81. The second-order valence-electron chi connectivity index (χ2n) is 7.63. The van der Waals surface area contributed by atoms with E-state index in [1.807, 2.05) is 29.3 Å². The van der Waals surface area contributed by atoms with E-state index < -0.39 is 16.9 Å². The Bertz CT molecular complexity index is 1060. The minimum Gasteiger partial charge on any atom is -0.496 e. The van der Waals surface area contributed by atoms with Crippen LogP contribution in [0, 0.1) is 16.0 Å². The number of nitro groups is 1. The van der Waals surface area contributed by atoms with E-state index in [4.69, 9.17) is 4.74 Å². The van der Waals surface area contributed by atoms with Crippen molar-refractivity contribution in [1.29, 1.82) is 0 Å². The molecule has 3 fully saturated rings. The lowest BCUT2D eigenvalue weighted by molar-refractivity contribution is -0.384. The topological polar surface area (TPSA) is 96.2 Å². The second kappa shape index (κ2) is 6.89. The molecule has 3 heterocycles. The third-order valence-corrected chi connectivity index (χ3v) is 6.16. The van der Waals surface area contributed by atoms with Crippen molar-refractivity contribution in [3.05, 3.63) is 64.2 Å². The zero-order valence-electron chi connectivity index (χ0n) is 16.3. The Hall–Kier alpha value is -3.30. The number of rotatable bonds is 4. The highest BCUT2D eigenvalue weighted by Gasteiger charge is 2.63. The fourth-order valence-corrected chi connectivity index (χ4v) is 5.00. The van der Waals surface area contributed by atoms with Gasteiger partial charge in [0.05, 0.1) is 29.7 Å². The summed E-state index contributed by atoms with van der Waals surface area (Å²) >= 11 is 0. The van der Waals surface area contributed by atoms with Crippen molar-refractivity contribution in [3.8, 4) is 5.75 Å². The average molecular weight is 408 g/mol. The standard InChI is InChI=1S/C21H20N4O5/c1-30-16-9-3-2-8-15(16)18-17-19(23-11-5-10-22(18)23)21(27)24(20(17)26)13-6-4-7-14(12-13)25(28)29/h2-4,6-9,12,17-19H,5,10-11H2,1H3/t17-,18-,19+/m1/s1. The number of hydrogen-bond donors (Lipinski definition) is 0. The Labute approximate surface area is 172 Å². The number of benzene rings is 2. The van der Waals surface area contributed by atoms with Gasteiger partial charge in [-0.05, 0) is 18.6 Å². The minimum atomic E-state index is -0.617. The number of ether oxygens (including phenoxy) is 1. The Morgan fingerprint density at radius 2 is 1.73 bits per heavy atom. The molecule has 5 rings (SSSR count). The van der Waals surface area contributed by atoms with Crippen LogP contribution in [0.4, 0.5) is 11.4 Å². The van der Waals surface area contributed by atoms with Crippen LogP contribution in [-0.2, 0) is 9.59 Å². The number of hydrogen-bond acceptors (Lipinski definition) is 7. The molecule has 154 valence electrons. The number of amides is 2.